The molecule has 1 aliphatic heterocycles. The number of nitrogens with zero attached hydrogens (tertiary/aromatic N) is 1. The number of benzene rings is 2. The van der Waals surface area contributed by atoms with Crippen molar-refractivity contribution in [3.63, 3.8) is 0 Å². The standard InChI is InChI=1S/C22H29N3O3/c1-24(2)18-10-8-17(9-11-18)20(25-12-14-28-15-13-25)16-23-22(26)19-6-4-5-7-21(19)27-3/h4-11,20H,12-16H2,1-3H3,(H,23,26)/p+1/t20-/m1/s1. The molecule has 3 rings (SSSR count). The maximum absolute atomic E-state index is 12.8. The number of para-hydroxylation sites is 1. The number of rotatable bonds is 7. The summed E-state index contributed by atoms with van der Waals surface area (Å²) in [5, 5.41) is 3.12. The van der Waals surface area contributed by atoms with Crippen molar-refractivity contribution in [2.75, 3.05) is 59.0 Å². The van der Waals surface area contributed by atoms with E-state index in [2.05, 4.69) is 34.5 Å². The number of quaternary nitrogens is 1. The molecule has 2 aromatic carbocycles. The fraction of sp³-hybridized carbons (Fsp3) is 0.409. The summed E-state index contributed by atoms with van der Waals surface area (Å²) < 4.78 is 10.9. The second-order valence-electron chi connectivity index (χ2n) is 7.22. The number of morpholine rings is 1. The molecule has 6 heteroatoms. The van der Waals surface area contributed by atoms with Crippen LogP contribution in [0.5, 0.6) is 5.75 Å². The van der Waals surface area contributed by atoms with Crippen molar-refractivity contribution < 1.29 is 19.2 Å². The van der Waals surface area contributed by atoms with Gasteiger partial charge in [0.1, 0.15) is 24.9 Å². The molecular formula is C22H30N3O3+. The van der Waals surface area contributed by atoms with Crippen LogP contribution in [0.1, 0.15) is 22.0 Å². The van der Waals surface area contributed by atoms with Crippen LogP contribution in [0.25, 0.3) is 0 Å². The third-order valence-electron chi connectivity index (χ3n) is 5.26. The van der Waals surface area contributed by atoms with Crippen LogP contribution in [0.4, 0.5) is 5.69 Å². The Morgan fingerprint density at radius 2 is 1.82 bits per heavy atom. The molecule has 28 heavy (non-hydrogen) atoms. The minimum atomic E-state index is -0.111. The zero-order chi connectivity index (χ0) is 19.9. The summed E-state index contributed by atoms with van der Waals surface area (Å²) in [6, 6.07) is 16.1. The maximum Gasteiger partial charge on any atom is 0.255 e. The van der Waals surface area contributed by atoms with Gasteiger partial charge in [-0.05, 0) is 24.3 Å². The Morgan fingerprint density at radius 3 is 2.46 bits per heavy atom. The molecule has 2 aromatic rings. The average molecular weight is 385 g/mol. The summed E-state index contributed by atoms with van der Waals surface area (Å²) in [4.78, 5) is 16.3. The Kier molecular flexibility index (Phi) is 6.90. The molecule has 2 N–H and O–H groups in total. The topological polar surface area (TPSA) is 55.2 Å². The van der Waals surface area contributed by atoms with E-state index >= 15 is 0 Å². The summed E-state index contributed by atoms with van der Waals surface area (Å²) in [5.74, 6) is 0.477. The van der Waals surface area contributed by atoms with Gasteiger partial charge in [0.05, 0.1) is 32.4 Å². The van der Waals surface area contributed by atoms with Crippen molar-refractivity contribution in [3.8, 4) is 5.75 Å². The zero-order valence-electron chi connectivity index (χ0n) is 16.9. The summed E-state index contributed by atoms with van der Waals surface area (Å²) in [6.07, 6.45) is 0. The molecule has 1 aliphatic rings. The highest BCUT2D eigenvalue weighted by atomic mass is 16.5. The lowest BCUT2D eigenvalue weighted by atomic mass is 10.0. The number of hydrogen-bond acceptors (Lipinski definition) is 4. The predicted octanol–water partition coefficient (Wildman–Crippen LogP) is 1.15. The van der Waals surface area contributed by atoms with Crippen molar-refractivity contribution in [1.29, 1.82) is 0 Å². The van der Waals surface area contributed by atoms with Crippen LogP contribution in [0.3, 0.4) is 0 Å². The van der Waals surface area contributed by atoms with E-state index in [4.69, 9.17) is 9.47 Å². The third kappa shape index (κ3) is 4.82. The normalized spacial score (nSPS) is 15.7. The van der Waals surface area contributed by atoms with Crippen LogP contribution in [0.15, 0.2) is 48.5 Å². The zero-order valence-corrected chi connectivity index (χ0v) is 16.9. The van der Waals surface area contributed by atoms with Gasteiger partial charge in [-0.25, -0.2) is 0 Å². The van der Waals surface area contributed by atoms with E-state index in [9.17, 15) is 4.79 Å². The van der Waals surface area contributed by atoms with Crippen molar-refractivity contribution in [1.82, 2.24) is 5.32 Å². The van der Waals surface area contributed by atoms with Crippen molar-refractivity contribution in [3.05, 3.63) is 59.7 Å². The van der Waals surface area contributed by atoms with E-state index in [1.165, 1.54) is 10.5 Å². The highest BCUT2D eigenvalue weighted by Crippen LogP contribution is 2.19. The Hall–Kier alpha value is -2.57. The summed E-state index contributed by atoms with van der Waals surface area (Å²) >= 11 is 0. The lowest BCUT2D eigenvalue weighted by Crippen LogP contribution is -3.15. The van der Waals surface area contributed by atoms with Gasteiger partial charge < -0.3 is 24.6 Å². The van der Waals surface area contributed by atoms with E-state index in [-0.39, 0.29) is 11.9 Å². The summed E-state index contributed by atoms with van der Waals surface area (Å²) in [6.45, 7) is 3.94. The number of methoxy groups -OCH3 is 1. The first kappa shape index (κ1) is 20.2. The van der Waals surface area contributed by atoms with Crippen LogP contribution < -0.4 is 19.9 Å². The molecule has 0 saturated carbocycles. The van der Waals surface area contributed by atoms with Crippen molar-refractivity contribution >= 4 is 11.6 Å². The monoisotopic (exact) mass is 384 g/mol. The maximum atomic E-state index is 12.8. The number of anilines is 1. The Balaban J connectivity index is 1.76. The molecule has 0 radical (unpaired) electrons. The number of carbonyl (C=O) groups excluding carboxylic acids is 1. The fourth-order valence-corrected chi connectivity index (χ4v) is 3.61. The molecule has 0 aromatic heterocycles. The molecule has 6 nitrogen and oxygen atoms in total. The highest BCUT2D eigenvalue weighted by Gasteiger charge is 2.27. The van der Waals surface area contributed by atoms with Gasteiger partial charge in [0.2, 0.25) is 0 Å². The first-order valence-corrected chi connectivity index (χ1v) is 9.71. The number of carbonyl (C=O) groups is 1. The number of amides is 1. The van der Waals surface area contributed by atoms with Crippen LogP contribution >= 0.6 is 0 Å². The molecule has 1 heterocycles. The van der Waals surface area contributed by atoms with Gasteiger partial charge in [-0.15, -0.1) is 0 Å². The first-order chi connectivity index (χ1) is 13.6. The minimum absolute atomic E-state index is 0.111. The number of nitrogens with one attached hydrogen (secondary N) is 2. The van der Waals surface area contributed by atoms with Crippen LogP contribution in [0.2, 0.25) is 0 Å². The molecule has 0 bridgehead atoms. The minimum Gasteiger partial charge on any atom is -0.496 e. The van der Waals surface area contributed by atoms with Gasteiger partial charge in [0, 0.05) is 25.3 Å². The van der Waals surface area contributed by atoms with Crippen LogP contribution in [0, 0.1) is 0 Å². The summed E-state index contributed by atoms with van der Waals surface area (Å²) in [5.41, 5.74) is 2.95. The van der Waals surface area contributed by atoms with E-state index in [0.717, 1.165) is 32.0 Å². The van der Waals surface area contributed by atoms with Gasteiger partial charge >= 0.3 is 0 Å². The van der Waals surface area contributed by atoms with E-state index in [1.54, 1.807) is 19.2 Å². The fourth-order valence-electron chi connectivity index (χ4n) is 3.61. The Bertz CT molecular complexity index is 771. The van der Waals surface area contributed by atoms with Gasteiger partial charge in [-0.3, -0.25) is 4.79 Å². The van der Waals surface area contributed by atoms with Gasteiger partial charge in [-0.2, -0.15) is 0 Å². The molecular weight excluding hydrogens is 354 g/mol. The third-order valence-corrected chi connectivity index (χ3v) is 5.26. The largest absolute Gasteiger partial charge is 0.496 e. The van der Waals surface area contributed by atoms with E-state index in [0.29, 0.717) is 17.9 Å². The van der Waals surface area contributed by atoms with Gasteiger partial charge in [0.15, 0.2) is 0 Å². The van der Waals surface area contributed by atoms with Crippen LogP contribution in [-0.2, 0) is 4.74 Å². The highest BCUT2D eigenvalue weighted by molar-refractivity contribution is 5.96. The molecule has 0 unspecified atom stereocenters. The lowest BCUT2D eigenvalue weighted by Gasteiger charge is -2.32. The summed E-state index contributed by atoms with van der Waals surface area (Å²) in [7, 11) is 5.65. The van der Waals surface area contributed by atoms with Gasteiger partial charge in [0.25, 0.3) is 5.91 Å². The SMILES string of the molecule is COc1ccccc1C(=O)NC[C@H](c1ccc(N(C)C)cc1)[NH+]1CCOCC1. The molecule has 1 atom stereocenters. The second-order valence-corrected chi connectivity index (χ2v) is 7.22. The number of ether oxygens (including phenoxy) is 2. The lowest BCUT2D eigenvalue weighted by molar-refractivity contribution is -0.937. The van der Waals surface area contributed by atoms with Crippen molar-refractivity contribution in [2.24, 2.45) is 0 Å². The smallest absolute Gasteiger partial charge is 0.255 e. The average Bonchev–Trinajstić information content (AvgIpc) is 2.74. The molecule has 1 amide bonds. The van der Waals surface area contributed by atoms with Crippen LogP contribution in [-0.4, -0.2) is 60.0 Å². The first-order valence-electron chi connectivity index (χ1n) is 9.71. The Morgan fingerprint density at radius 1 is 1.14 bits per heavy atom. The Labute approximate surface area is 167 Å². The number of hydrogen-bond donors (Lipinski definition) is 2. The molecule has 0 spiro atoms. The molecule has 0 aliphatic carbocycles. The molecule has 150 valence electrons. The predicted molar refractivity (Wildman–Crippen MR) is 110 cm³/mol. The quantitative estimate of drug-likeness (QED) is 0.752. The second kappa shape index (κ2) is 9.57. The van der Waals surface area contributed by atoms with E-state index in [1.807, 2.05) is 26.2 Å². The van der Waals surface area contributed by atoms with Gasteiger partial charge in [-0.1, -0.05) is 24.3 Å². The van der Waals surface area contributed by atoms with Crippen molar-refractivity contribution in [2.45, 2.75) is 6.04 Å². The van der Waals surface area contributed by atoms with E-state index < -0.39 is 0 Å². The molecule has 1 fully saturated rings. The molecule has 1 saturated heterocycles.